The Morgan fingerprint density at radius 3 is 2.69 bits per heavy atom. The van der Waals surface area contributed by atoms with Gasteiger partial charge in [-0.3, -0.25) is 9.89 Å². The monoisotopic (exact) mass is 368 g/mol. The number of likely N-dealkylation sites (tertiary alicyclic amines) is 1. The molecule has 152 valence electrons. The molecule has 2 N–H and O–H groups in total. The van der Waals surface area contributed by atoms with Crippen molar-refractivity contribution in [1.82, 2.24) is 15.5 Å². The summed E-state index contributed by atoms with van der Waals surface area (Å²) in [4.78, 5) is 7.00. The summed E-state index contributed by atoms with van der Waals surface area (Å²) in [5.41, 5.74) is 0. The Hall–Kier alpha value is -0.850. The number of ether oxygens (including phenoxy) is 2. The lowest BCUT2D eigenvalue weighted by atomic mass is 10.0. The number of nitrogens with zero attached hydrogens (tertiary/aromatic N) is 2. The van der Waals surface area contributed by atoms with Crippen LogP contribution in [0.15, 0.2) is 4.99 Å². The molecule has 0 saturated carbocycles. The second-order valence-electron chi connectivity index (χ2n) is 7.97. The number of nitrogens with one attached hydrogen (secondary N) is 2. The maximum Gasteiger partial charge on any atom is 0.191 e. The fraction of sp³-hybridized carbons (Fsp3) is 0.950. The average molecular weight is 369 g/mol. The average Bonchev–Trinajstić information content (AvgIpc) is 3.32. The first-order chi connectivity index (χ1) is 12.7. The highest BCUT2D eigenvalue weighted by molar-refractivity contribution is 5.79. The van der Waals surface area contributed by atoms with Gasteiger partial charge in [-0.05, 0) is 57.5 Å². The molecule has 2 saturated heterocycles. The highest BCUT2D eigenvalue weighted by Crippen LogP contribution is 2.17. The van der Waals surface area contributed by atoms with Crippen molar-refractivity contribution in [2.45, 2.75) is 64.5 Å². The van der Waals surface area contributed by atoms with Crippen LogP contribution in [0.1, 0.15) is 52.4 Å². The van der Waals surface area contributed by atoms with E-state index in [0.717, 1.165) is 57.6 Å². The van der Waals surface area contributed by atoms with Gasteiger partial charge >= 0.3 is 0 Å². The number of aliphatic imine (C=N–C) groups is 1. The van der Waals surface area contributed by atoms with Gasteiger partial charge in [-0.1, -0.05) is 13.8 Å². The van der Waals surface area contributed by atoms with E-state index >= 15 is 0 Å². The fourth-order valence-electron chi connectivity index (χ4n) is 3.82. The van der Waals surface area contributed by atoms with Crippen LogP contribution >= 0.6 is 0 Å². The van der Waals surface area contributed by atoms with Crippen LogP contribution in [0.5, 0.6) is 0 Å². The molecule has 2 atom stereocenters. The summed E-state index contributed by atoms with van der Waals surface area (Å²) < 4.78 is 11.3. The van der Waals surface area contributed by atoms with Crippen molar-refractivity contribution in [2.24, 2.45) is 10.9 Å². The molecule has 2 aliphatic heterocycles. The van der Waals surface area contributed by atoms with Gasteiger partial charge in [-0.2, -0.15) is 0 Å². The largest absolute Gasteiger partial charge is 0.379 e. The predicted molar refractivity (Wildman–Crippen MR) is 108 cm³/mol. The van der Waals surface area contributed by atoms with E-state index < -0.39 is 0 Å². The summed E-state index contributed by atoms with van der Waals surface area (Å²) in [7, 11) is 1.84. The van der Waals surface area contributed by atoms with Crippen molar-refractivity contribution in [1.29, 1.82) is 0 Å². The minimum atomic E-state index is 0.320. The summed E-state index contributed by atoms with van der Waals surface area (Å²) in [6, 6.07) is 0.603. The Morgan fingerprint density at radius 1 is 1.23 bits per heavy atom. The smallest absolute Gasteiger partial charge is 0.191 e. The van der Waals surface area contributed by atoms with Crippen LogP contribution in [0.3, 0.4) is 0 Å². The minimum absolute atomic E-state index is 0.320. The highest BCUT2D eigenvalue weighted by atomic mass is 16.5. The molecule has 0 aromatic carbocycles. The zero-order chi connectivity index (χ0) is 18.6. The molecular formula is C20H40N4O2. The topological polar surface area (TPSA) is 58.1 Å². The Kier molecular flexibility index (Phi) is 10.3. The molecule has 26 heavy (non-hydrogen) atoms. The van der Waals surface area contributed by atoms with Crippen LogP contribution in [0.25, 0.3) is 0 Å². The van der Waals surface area contributed by atoms with Crippen molar-refractivity contribution in [3.8, 4) is 0 Å². The third-order valence-corrected chi connectivity index (χ3v) is 5.21. The highest BCUT2D eigenvalue weighted by Gasteiger charge is 2.22. The normalized spacial score (nSPS) is 22.9. The lowest BCUT2D eigenvalue weighted by molar-refractivity contribution is 0.0168. The van der Waals surface area contributed by atoms with Crippen molar-refractivity contribution in [3.05, 3.63) is 0 Å². The maximum atomic E-state index is 5.71. The van der Waals surface area contributed by atoms with Crippen LogP contribution in [0.2, 0.25) is 0 Å². The van der Waals surface area contributed by atoms with Gasteiger partial charge in [0.25, 0.3) is 0 Å². The van der Waals surface area contributed by atoms with Crippen LogP contribution < -0.4 is 10.6 Å². The van der Waals surface area contributed by atoms with Gasteiger partial charge in [-0.25, -0.2) is 0 Å². The van der Waals surface area contributed by atoms with E-state index in [1.165, 1.54) is 38.8 Å². The van der Waals surface area contributed by atoms with Gasteiger partial charge in [-0.15, -0.1) is 0 Å². The van der Waals surface area contributed by atoms with Gasteiger partial charge in [0, 0.05) is 39.4 Å². The first-order valence-electron chi connectivity index (χ1n) is 10.6. The fourth-order valence-corrected chi connectivity index (χ4v) is 3.82. The number of hydrogen-bond acceptors (Lipinski definition) is 4. The lowest BCUT2D eigenvalue weighted by Gasteiger charge is -2.29. The van der Waals surface area contributed by atoms with Crippen LogP contribution in [-0.4, -0.2) is 76.1 Å². The molecule has 0 spiro atoms. The molecule has 2 aliphatic rings. The van der Waals surface area contributed by atoms with Crippen molar-refractivity contribution < 1.29 is 9.47 Å². The molecule has 2 fully saturated rings. The summed E-state index contributed by atoms with van der Waals surface area (Å²) in [5.74, 6) is 1.62. The van der Waals surface area contributed by atoms with E-state index in [1.807, 2.05) is 7.05 Å². The first-order valence-corrected chi connectivity index (χ1v) is 10.6. The Morgan fingerprint density at radius 2 is 2.04 bits per heavy atom. The van der Waals surface area contributed by atoms with Gasteiger partial charge in [0.2, 0.25) is 0 Å². The SMILES string of the molecule is CN=C(NCCCOCC1CCCO1)NCC(CC(C)C)N1CCCC1. The summed E-state index contributed by atoms with van der Waals surface area (Å²) in [5, 5.41) is 6.93. The molecule has 2 heterocycles. The van der Waals surface area contributed by atoms with Crippen LogP contribution in [0.4, 0.5) is 0 Å². The van der Waals surface area contributed by atoms with E-state index in [9.17, 15) is 0 Å². The molecule has 0 radical (unpaired) electrons. The molecule has 0 amide bonds. The van der Waals surface area contributed by atoms with E-state index in [0.29, 0.717) is 12.1 Å². The molecule has 6 nitrogen and oxygen atoms in total. The Bertz CT molecular complexity index is 391. The number of hydrogen-bond donors (Lipinski definition) is 2. The standard InChI is InChI=1S/C20H40N4O2/c1-17(2)14-18(24-10-4-5-11-24)15-23-20(21-3)22-9-7-12-25-16-19-8-6-13-26-19/h17-19H,4-16H2,1-3H3,(H2,21,22,23). The van der Waals surface area contributed by atoms with Gasteiger partial charge in [0.1, 0.15) is 0 Å². The second-order valence-corrected chi connectivity index (χ2v) is 7.97. The van der Waals surface area contributed by atoms with E-state index in [-0.39, 0.29) is 0 Å². The third kappa shape index (κ3) is 8.23. The second kappa shape index (κ2) is 12.5. The molecule has 0 aromatic rings. The Labute approximate surface area is 160 Å². The van der Waals surface area contributed by atoms with Crippen LogP contribution in [-0.2, 0) is 9.47 Å². The molecule has 0 aliphatic carbocycles. The number of rotatable bonds is 11. The minimum Gasteiger partial charge on any atom is -0.379 e. The summed E-state index contributed by atoms with van der Waals surface area (Å²) in [6.07, 6.45) is 7.54. The van der Waals surface area contributed by atoms with Gasteiger partial charge in [0.15, 0.2) is 5.96 Å². The zero-order valence-electron chi connectivity index (χ0n) is 17.1. The van der Waals surface area contributed by atoms with E-state index in [1.54, 1.807) is 0 Å². The third-order valence-electron chi connectivity index (χ3n) is 5.21. The van der Waals surface area contributed by atoms with E-state index in [4.69, 9.17) is 9.47 Å². The zero-order valence-corrected chi connectivity index (χ0v) is 17.1. The van der Waals surface area contributed by atoms with E-state index in [2.05, 4.69) is 34.4 Å². The van der Waals surface area contributed by atoms with Gasteiger partial charge < -0.3 is 20.1 Å². The van der Waals surface area contributed by atoms with Crippen molar-refractivity contribution in [2.75, 3.05) is 53.0 Å². The molecule has 2 unspecified atom stereocenters. The lowest BCUT2D eigenvalue weighted by Crippen LogP contribution is -2.47. The molecule has 0 aromatic heterocycles. The number of guanidine groups is 1. The maximum absolute atomic E-state index is 5.71. The summed E-state index contributed by atoms with van der Waals surface area (Å²) in [6.45, 7) is 11.4. The summed E-state index contributed by atoms with van der Waals surface area (Å²) >= 11 is 0. The molecule has 2 rings (SSSR count). The predicted octanol–water partition coefficient (Wildman–Crippen LogP) is 2.25. The van der Waals surface area contributed by atoms with Gasteiger partial charge in [0.05, 0.1) is 12.7 Å². The Balaban J connectivity index is 1.58. The molecule has 0 bridgehead atoms. The quantitative estimate of drug-likeness (QED) is 0.333. The van der Waals surface area contributed by atoms with Crippen molar-refractivity contribution >= 4 is 5.96 Å². The first kappa shape index (κ1) is 21.5. The molecular weight excluding hydrogens is 328 g/mol. The van der Waals surface area contributed by atoms with Crippen LogP contribution in [0, 0.1) is 5.92 Å². The molecule has 6 heteroatoms. The van der Waals surface area contributed by atoms with Crippen molar-refractivity contribution in [3.63, 3.8) is 0 Å².